The van der Waals surface area contributed by atoms with E-state index in [-0.39, 0.29) is 29.9 Å². The van der Waals surface area contributed by atoms with Gasteiger partial charge in [0.25, 0.3) is 5.56 Å². The number of aliphatic carboxylic acids is 1. The molecule has 10 heteroatoms. The van der Waals surface area contributed by atoms with E-state index in [2.05, 4.69) is 20.3 Å². The smallest absolute Gasteiger partial charge is 0.303 e. The van der Waals surface area contributed by atoms with Crippen molar-refractivity contribution in [3.63, 3.8) is 0 Å². The van der Waals surface area contributed by atoms with Gasteiger partial charge in [0.2, 0.25) is 0 Å². The highest BCUT2D eigenvalue weighted by Crippen LogP contribution is 2.27. The highest BCUT2D eigenvalue weighted by Gasteiger charge is 2.18. The molecule has 0 amide bonds. The number of hydrogen-bond donors (Lipinski definition) is 1. The van der Waals surface area contributed by atoms with Crippen molar-refractivity contribution < 1.29 is 14.3 Å². The molecule has 3 heterocycles. The number of aromatic nitrogens is 6. The van der Waals surface area contributed by atoms with E-state index < -0.39 is 11.5 Å². The van der Waals surface area contributed by atoms with E-state index in [0.29, 0.717) is 23.3 Å². The van der Waals surface area contributed by atoms with Crippen LogP contribution in [0.2, 0.25) is 0 Å². The zero-order valence-electron chi connectivity index (χ0n) is 14.8. The minimum atomic E-state index is -0.927. The number of rotatable bonds is 5. The number of aryl methyl sites for hydroxylation is 2. The molecule has 0 aliphatic carbocycles. The highest BCUT2D eigenvalue weighted by atomic mass is 19.1. The first-order valence-electron chi connectivity index (χ1n) is 8.54. The highest BCUT2D eigenvalue weighted by molar-refractivity contribution is 5.83. The maximum absolute atomic E-state index is 13.2. The molecule has 0 spiro atoms. The lowest BCUT2D eigenvalue weighted by Gasteiger charge is -2.05. The van der Waals surface area contributed by atoms with Gasteiger partial charge in [0.1, 0.15) is 12.1 Å². The molecule has 3 aromatic heterocycles. The summed E-state index contributed by atoms with van der Waals surface area (Å²) in [6, 6.07) is 5.94. The van der Waals surface area contributed by atoms with Crippen molar-refractivity contribution in [1.29, 1.82) is 0 Å². The number of carboxylic acids is 1. The van der Waals surface area contributed by atoms with Gasteiger partial charge in [-0.05, 0) is 31.0 Å². The Morgan fingerprint density at radius 2 is 1.93 bits per heavy atom. The van der Waals surface area contributed by atoms with E-state index in [1.807, 2.05) is 0 Å². The predicted molar refractivity (Wildman–Crippen MR) is 97.3 cm³/mol. The topological polar surface area (TPSA) is 115 Å². The molecular formula is C18H15FN6O3. The number of carboxylic acid groups (broad SMARTS) is 1. The molecule has 4 aromatic rings. The van der Waals surface area contributed by atoms with Crippen LogP contribution in [0.5, 0.6) is 0 Å². The summed E-state index contributed by atoms with van der Waals surface area (Å²) in [6.45, 7) is 2.00. The molecule has 28 heavy (non-hydrogen) atoms. The Labute approximate surface area is 157 Å². The molecule has 0 saturated heterocycles. The molecule has 0 bridgehead atoms. The van der Waals surface area contributed by atoms with Crippen molar-refractivity contribution in [1.82, 2.24) is 29.4 Å². The second-order valence-electron chi connectivity index (χ2n) is 6.32. The molecule has 4 rings (SSSR count). The summed E-state index contributed by atoms with van der Waals surface area (Å²) in [4.78, 5) is 27.6. The molecule has 1 aromatic carbocycles. The van der Waals surface area contributed by atoms with Crippen molar-refractivity contribution in [2.75, 3.05) is 0 Å². The third-order valence-corrected chi connectivity index (χ3v) is 4.40. The van der Waals surface area contributed by atoms with Crippen molar-refractivity contribution >= 4 is 22.8 Å². The maximum Gasteiger partial charge on any atom is 0.303 e. The first kappa shape index (κ1) is 17.7. The van der Waals surface area contributed by atoms with Gasteiger partial charge in [-0.3, -0.25) is 14.2 Å². The van der Waals surface area contributed by atoms with Crippen molar-refractivity contribution in [3.05, 3.63) is 52.5 Å². The molecule has 0 fully saturated rings. The van der Waals surface area contributed by atoms with Crippen LogP contribution in [0.1, 0.15) is 18.5 Å². The quantitative estimate of drug-likeness (QED) is 0.560. The average molecular weight is 382 g/mol. The van der Waals surface area contributed by atoms with Crippen molar-refractivity contribution in [2.45, 2.75) is 26.3 Å². The summed E-state index contributed by atoms with van der Waals surface area (Å²) in [5.74, 6) is -1.27. The molecule has 0 atom stereocenters. The van der Waals surface area contributed by atoms with E-state index in [4.69, 9.17) is 5.11 Å². The van der Waals surface area contributed by atoms with Crippen LogP contribution in [0.4, 0.5) is 4.39 Å². The number of benzene rings is 1. The van der Waals surface area contributed by atoms with Gasteiger partial charge in [-0.1, -0.05) is 12.1 Å². The number of fused-ring (bicyclic) bond motifs is 3. The van der Waals surface area contributed by atoms with Gasteiger partial charge >= 0.3 is 5.97 Å². The van der Waals surface area contributed by atoms with E-state index in [0.717, 1.165) is 5.56 Å². The van der Waals surface area contributed by atoms with E-state index in [1.165, 1.54) is 27.5 Å². The van der Waals surface area contributed by atoms with Gasteiger partial charge in [0, 0.05) is 13.0 Å². The van der Waals surface area contributed by atoms with Crippen LogP contribution >= 0.6 is 0 Å². The minimum absolute atomic E-state index is 0.0403. The van der Waals surface area contributed by atoms with E-state index in [9.17, 15) is 14.0 Å². The van der Waals surface area contributed by atoms with Crippen LogP contribution in [0, 0.1) is 12.7 Å². The number of halogens is 1. The Kier molecular flexibility index (Phi) is 4.30. The lowest BCUT2D eigenvalue weighted by atomic mass is 10.1. The zero-order chi connectivity index (χ0) is 19.8. The van der Waals surface area contributed by atoms with Crippen molar-refractivity contribution in [2.24, 2.45) is 0 Å². The Bertz CT molecular complexity index is 1260. The SMILES string of the molecule is Cc1nn2c(nnc3c(=O)n(CCCC(=O)O)cnc32)c1-c1ccc(F)cc1. The molecular weight excluding hydrogens is 367 g/mol. The molecule has 142 valence electrons. The molecule has 9 nitrogen and oxygen atoms in total. The second kappa shape index (κ2) is 6.80. The summed E-state index contributed by atoms with van der Waals surface area (Å²) < 4.78 is 16.0. The van der Waals surface area contributed by atoms with Gasteiger partial charge in [0.15, 0.2) is 16.8 Å². The third kappa shape index (κ3) is 2.98. The van der Waals surface area contributed by atoms with Gasteiger partial charge in [-0.15, -0.1) is 10.2 Å². The van der Waals surface area contributed by atoms with Crippen LogP contribution in [-0.2, 0) is 11.3 Å². The Morgan fingerprint density at radius 3 is 2.64 bits per heavy atom. The average Bonchev–Trinajstić information content (AvgIpc) is 3.00. The standard InChI is InChI=1S/C18H15FN6O3/c1-10-14(11-4-6-12(19)7-5-11)16-22-21-15-17(25(16)23-10)20-9-24(18(15)28)8-2-3-13(26)27/h4-7,9H,2-3,8H2,1H3,(H,26,27). The molecule has 0 radical (unpaired) electrons. The lowest BCUT2D eigenvalue weighted by molar-refractivity contribution is -0.137. The van der Waals surface area contributed by atoms with Crippen LogP contribution in [0.3, 0.4) is 0 Å². The first-order chi connectivity index (χ1) is 13.5. The lowest BCUT2D eigenvalue weighted by Crippen LogP contribution is -2.23. The summed E-state index contributed by atoms with van der Waals surface area (Å²) in [5.41, 5.74) is 2.33. The molecule has 1 N–H and O–H groups in total. The van der Waals surface area contributed by atoms with Crippen LogP contribution in [-0.4, -0.2) is 40.4 Å². The Balaban J connectivity index is 1.83. The van der Waals surface area contributed by atoms with Gasteiger partial charge in [-0.25, -0.2) is 9.37 Å². The molecule has 0 aliphatic rings. The van der Waals surface area contributed by atoms with Crippen LogP contribution in [0.15, 0.2) is 35.4 Å². The normalized spacial score (nSPS) is 11.4. The summed E-state index contributed by atoms with van der Waals surface area (Å²) >= 11 is 0. The largest absolute Gasteiger partial charge is 0.481 e. The monoisotopic (exact) mass is 382 g/mol. The fourth-order valence-electron chi connectivity index (χ4n) is 3.08. The molecule has 0 saturated carbocycles. The predicted octanol–water partition coefficient (Wildman–Crippen LogP) is 1.81. The zero-order valence-corrected chi connectivity index (χ0v) is 14.8. The van der Waals surface area contributed by atoms with Gasteiger partial charge < -0.3 is 5.11 Å². The van der Waals surface area contributed by atoms with Gasteiger partial charge in [0.05, 0.1) is 11.3 Å². The molecule has 0 unspecified atom stereocenters. The number of hydrogen-bond acceptors (Lipinski definition) is 6. The number of carbonyl (C=O) groups is 1. The maximum atomic E-state index is 13.2. The second-order valence-corrected chi connectivity index (χ2v) is 6.32. The summed E-state index contributed by atoms with van der Waals surface area (Å²) in [6.07, 6.45) is 1.60. The fraction of sp³-hybridized carbons (Fsp3) is 0.222. The third-order valence-electron chi connectivity index (χ3n) is 4.40. The first-order valence-corrected chi connectivity index (χ1v) is 8.54. The fourth-order valence-corrected chi connectivity index (χ4v) is 3.08. The van der Waals surface area contributed by atoms with Crippen LogP contribution in [0.25, 0.3) is 27.9 Å². The summed E-state index contributed by atoms with van der Waals surface area (Å²) in [5, 5.41) is 21.3. The van der Waals surface area contributed by atoms with Crippen LogP contribution < -0.4 is 5.56 Å². The minimum Gasteiger partial charge on any atom is -0.481 e. The van der Waals surface area contributed by atoms with Crippen molar-refractivity contribution in [3.8, 4) is 11.1 Å². The molecule has 0 aliphatic heterocycles. The Hall–Kier alpha value is -3.69. The van der Waals surface area contributed by atoms with E-state index >= 15 is 0 Å². The summed E-state index contributed by atoms with van der Waals surface area (Å²) in [7, 11) is 0. The van der Waals surface area contributed by atoms with Gasteiger partial charge in [-0.2, -0.15) is 9.61 Å². The number of nitrogens with zero attached hydrogens (tertiary/aromatic N) is 6. The van der Waals surface area contributed by atoms with E-state index in [1.54, 1.807) is 19.1 Å². The Morgan fingerprint density at radius 1 is 1.18 bits per heavy atom.